The lowest BCUT2D eigenvalue weighted by atomic mass is 10.1. The van der Waals surface area contributed by atoms with Crippen molar-refractivity contribution in [3.8, 4) is 5.75 Å². The maximum atomic E-state index is 12.7. The Morgan fingerprint density at radius 1 is 1.12 bits per heavy atom. The summed E-state index contributed by atoms with van der Waals surface area (Å²) in [7, 11) is 0. The molecule has 1 aliphatic rings. The topological polar surface area (TPSA) is 58.6 Å². The number of rotatable bonds is 4. The second kappa shape index (κ2) is 7.11. The fourth-order valence-electron chi connectivity index (χ4n) is 2.47. The highest BCUT2D eigenvalue weighted by Gasteiger charge is 2.34. The maximum absolute atomic E-state index is 12.7. The van der Waals surface area contributed by atoms with Crippen LogP contribution in [0.5, 0.6) is 5.75 Å². The molecule has 0 unspecified atom stereocenters. The summed E-state index contributed by atoms with van der Waals surface area (Å²) in [5.41, 5.74) is 3.93. The number of anilines is 1. The zero-order chi connectivity index (χ0) is 18.0. The van der Waals surface area contributed by atoms with Crippen molar-refractivity contribution in [2.45, 2.75) is 20.0 Å². The van der Waals surface area contributed by atoms with Gasteiger partial charge in [-0.05, 0) is 50.3 Å². The van der Waals surface area contributed by atoms with E-state index in [2.05, 4.69) is 21.4 Å². The number of halogens is 1. The van der Waals surface area contributed by atoms with Crippen LogP contribution in [-0.2, 0) is 9.59 Å². The number of carbonyl (C=O) groups excluding carboxylic acids is 2. The monoisotopic (exact) mass is 400 g/mol. The number of ether oxygens (including phenoxy) is 1. The second-order valence-electron chi connectivity index (χ2n) is 5.82. The summed E-state index contributed by atoms with van der Waals surface area (Å²) in [6.45, 7) is 3.84. The number of hydrazine groups is 1. The lowest BCUT2D eigenvalue weighted by Crippen LogP contribution is -2.35. The number of amides is 2. The van der Waals surface area contributed by atoms with E-state index >= 15 is 0 Å². The van der Waals surface area contributed by atoms with Crippen molar-refractivity contribution < 1.29 is 14.3 Å². The molecule has 1 fully saturated rings. The highest BCUT2D eigenvalue weighted by Crippen LogP contribution is 2.28. The van der Waals surface area contributed by atoms with Gasteiger partial charge in [0.1, 0.15) is 11.3 Å². The van der Waals surface area contributed by atoms with Crippen molar-refractivity contribution in [1.82, 2.24) is 5.43 Å². The van der Waals surface area contributed by atoms with Gasteiger partial charge >= 0.3 is 0 Å². The van der Waals surface area contributed by atoms with E-state index in [4.69, 9.17) is 4.74 Å². The van der Waals surface area contributed by atoms with E-state index in [-0.39, 0.29) is 11.7 Å². The molecule has 1 saturated heterocycles. The van der Waals surface area contributed by atoms with Gasteiger partial charge in [-0.2, -0.15) is 0 Å². The van der Waals surface area contributed by atoms with E-state index in [0.717, 1.165) is 4.47 Å². The molecule has 1 heterocycles. The molecule has 128 valence electrons. The van der Waals surface area contributed by atoms with Gasteiger partial charge in [0.25, 0.3) is 11.8 Å². The Kier molecular flexibility index (Phi) is 4.90. The molecule has 0 aromatic heterocycles. The lowest BCUT2D eigenvalue weighted by molar-refractivity contribution is -0.117. The molecule has 0 bridgehead atoms. The van der Waals surface area contributed by atoms with E-state index in [1.165, 1.54) is 5.01 Å². The van der Waals surface area contributed by atoms with Gasteiger partial charge in [0.05, 0.1) is 11.8 Å². The van der Waals surface area contributed by atoms with Crippen LogP contribution in [0.25, 0.3) is 6.08 Å². The number of benzene rings is 2. The molecule has 2 amide bonds. The van der Waals surface area contributed by atoms with E-state index in [1.807, 2.05) is 38.1 Å². The Hall–Kier alpha value is -2.60. The first-order valence-electron chi connectivity index (χ1n) is 7.84. The Bertz CT molecular complexity index is 847. The number of hydrogen-bond acceptors (Lipinski definition) is 3. The second-order valence-corrected chi connectivity index (χ2v) is 6.74. The first-order valence-corrected chi connectivity index (χ1v) is 8.63. The quantitative estimate of drug-likeness (QED) is 0.628. The van der Waals surface area contributed by atoms with Gasteiger partial charge in [0, 0.05) is 10.0 Å². The number of nitrogens with zero attached hydrogens (tertiary/aromatic N) is 1. The minimum absolute atomic E-state index is 0.0211. The molecule has 2 aromatic carbocycles. The van der Waals surface area contributed by atoms with Gasteiger partial charge in [0.15, 0.2) is 0 Å². The number of carbonyl (C=O) groups is 2. The SMILES string of the molecule is CC(C)Oc1ccc(Br)cc1/C=C1/C(=O)NN(c2ccccc2)C1=O. The standard InChI is InChI=1S/C19H17BrN2O3/c1-12(2)25-17-9-8-14(20)10-13(17)11-16-18(23)21-22(19(16)24)15-6-4-3-5-7-15/h3-12H,1-2H3,(H,21,23)/b16-11-. The van der Waals surface area contributed by atoms with Crippen LogP contribution in [0.4, 0.5) is 5.69 Å². The molecular weight excluding hydrogens is 384 g/mol. The third-order valence-electron chi connectivity index (χ3n) is 3.54. The molecule has 25 heavy (non-hydrogen) atoms. The lowest BCUT2D eigenvalue weighted by Gasteiger charge is -2.14. The molecule has 0 spiro atoms. The van der Waals surface area contributed by atoms with Crippen molar-refractivity contribution in [3.05, 3.63) is 64.1 Å². The average Bonchev–Trinajstić information content (AvgIpc) is 2.86. The summed E-state index contributed by atoms with van der Waals surface area (Å²) < 4.78 is 6.61. The molecule has 2 aromatic rings. The van der Waals surface area contributed by atoms with E-state index in [9.17, 15) is 9.59 Å². The van der Waals surface area contributed by atoms with Gasteiger partial charge in [-0.3, -0.25) is 15.0 Å². The molecule has 3 rings (SSSR count). The summed E-state index contributed by atoms with van der Waals surface area (Å²) in [5.74, 6) is -0.222. The Morgan fingerprint density at radius 2 is 1.84 bits per heavy atom. The van der Waals surface area contributed by atoms with Gasteiger partial charge in [-0.25, -0.2) is 5.01 Å². The van der Waals surface area contributed by atoms with Crippen LogP contribution in [0.3, 0.4) is 0 Å². The smallest absolute Gasteiger partial charge is 0.282 e. The summed E-state index contributed by atoms with van der Waals surface area (Å²) in [4.78, 5) is 25.0. The number of hydrogen-bond donors (Lipinski definition) is 1. The molecule has 0 atom stereocenters. The molecule has 0 aliphatic carbocycles. The minimum atomic E-state index is -0.440. The fourth-order valence-corrected chi connectivity index (χ4v) is 2.84. The predicted molar refractivity (Wildman–Crippen MR) is 100.0 cm³/mol. The zero-order valence-electron chi connectivity index (χ0n) is 13.8. The molecule has 1 aliphatic heterocycles. The Balaban J connectivity index is 1.98. The van der Waals surface area contributed by atoms with Crippen LogP contribution >= 0.6 is 15.9 Å². The maximum Gasteiger partial charge on any atom is 0.282 e. The van der Waals surface area contributed by atoms with Crippen molar-refractivity contribution in [2.24, 2.45) is 0 Å². The normalized spacial score (nSPS) is 15.8. The zero-order valence-corrected chi connectivity index (χ0v) is 15.4. The minimum Gasteiger partial charge on any atom is -0.490 e. The van der Waals surface area contributed by atoms with Gasteiger partial charge < -0.3 is 4.74 Å². The van der Waals surface area contributed by atoms with Crippen LogP contribution in [0.15, 0.2) is 58.6 Å². The van der Waals surface area contributed by atoms with Crippen molar-refractivity contribution >= 4 is 39.5 Å². The Morgan fingerprint density at radius 3 is 2.52 bits per heavy atom. The van der Waals surface area contributed by atoms with E-state index in [0.29, 0.717) is 17.0 Å². The van der Waals surface area contributed by atoms with Crippen LogP contribution in [0.2, 0.25) is 0 Å². The first kappa shape index (κ1) is 17.2. The van der Waals surface area contributed by atoms with Gasteiger partial charge in [-0.1, -0.05) is 34.1 Å². The first-order chi connectivity index (χ1) is 12.0. The highest BCUT2D eigenvalue weighted by molar-refractivity contribution is 9.10. The van der Waals surface area contributed by atoms with E-state index < -0.39 is 11.8 Å². The van der Waals surface area contributed by atoms with Crippen molar-refractivity contribution in [2.75, 3.05) is 5.01 Å². The Labute approximate surface area is 154 Å². The van der Waals surface area contributed by atoms with Crippen LogP contribution in [-0.4, -0.2) is 17.9 Å². The van der Waals surface area contributed by atoms with Crippen molar-refractivity contribution in [3.63, 3.8) is 0 Å². The summed E-state index contributed by atoms with van der Waals surface area (Å²) >= 11 is 3.41. The summed E-state index contributed by atoms with van der Waals surface area (Å²) in [5, 5.41) is 1.25. The van der Waals surface area contributed by atoms with Gasteiger partial charge in [-0.15, -0.1) is 0 Å². The molecule has 5 nitrogen and oxygen atoms in total. The third-order valence-corrected chi connectivity index (χ3v) is 4.03. The number of para-hydroxylation sites is 1. The fraction of sp³-hybridized carbons (Fsp3) is 0.158. The average molecular weight is 401 g/mol. The van der Waals surface area contributed by atoms with Crippen LogP contribution in [0, 0.1) is 0 Å². The number of nitrogens with one attached hydrogen (secondary N) is 1. The van der Waals surface area contributed by atoms with Crippen LogP contribution < -0.4 is 15.2 Å². The molecule has 0 saturated carbocycles. The third kappa shape index (κ3) is 3.74. The molecular formula is C19H17BrN2O3. The van der Waals surface area contributed by atoms with Crippen molar-refractivity contribution in [1.29, 1.82) is 0 Å². The van der Waals surface area contributed by atoms with Gasteiger partial charge in [0.2, 0.25) is 0 Å². The van der Waals surface area contributed by atoms with E-state index in [1.54, 1.807) is 30.3 Å². The van der Waals surface area contributed by atoms with Crippen LogP contribution in [0.1, 0.15) is 19.4 Å². The molecule has 6 heteroatoms. The summed E-state index contributed by atoms with van der Waals surface area (Å²) in [6.07, 6.45) is 1.54. The molecule has 1 N–H and O–H groups in total. The highest BCUT2D eigenvalue weighted by atomic mass is 79.9. The predicted octanol–water partition coefficient (Wildman–Crippen LogP) is 3.70. The molecule has 0 radical (unpaired) electrons. The largest absolute Gasteiger partial charge is 0.490 e. The summed E-state index contributed by atoms with van der Waals surface area (Å²) in [6, 6.07) is 14.4.